The number of fused-ring (bicyclic) bond motifs is 1. The number of rotatable bonds is 9. The minimum atomic E-state index is -0.746. The molecule has 1 atom stereocenters. The van der Waals surface area contributed by atoms with E-state index in [0.717, 1.165) is 16.0 Å². The highest BCUT2D eigenvalue weighted by Crippen LogP contribution is 2.38. The molecule has 218 valence electrons. The van der Waals surface area contributed by atoms with Gasteiger partial charge in [0.05, 0.1) is 40.0 Å². The summed E-state index contributed by atoms with van der Waals surface area (Å²) >= 11 is 6.39. The molecule has 0 fully saturated rings. The number of hydrogen-bond acceptors (Lipinski definition) is 8. The molecule has 2 heterocycles. The van der Waals surface area contributed by atoms with Crippen molar-refractivity contribution in [3.05, 3.63) is 113 Å². The summed E-state index contributed by atoms with van der Waals surface area (Å²) in [5.74, 6) is 2.86. The van der Waals surface area contributed by atoms with Crippen LogP contribution >= 0.6 is 39.0 Å². The highest BCUT2D eigenvalue weighted by atomic mass is 79.9. The van der Waals surface area contributed by atoms with Gasteiger partial charge in [0.2, 0.25) is 0 Å². The van der Waals surface area contributed by atoms with Crippen LogP contribution in [0.1, 0.15) is 29.7 Å². The van der Waals surface area contributed by atoms with Crippen LogP contribution in [0, 0.1) is 12.3 Å². The van der Waals surface area contributed by atoms with E-state index in [1.807, 2.05) is 66.9 Å². The van der Waals surface area contributed by atoms with Crippen molar-refractivity contribution in [1.29, 1.82) is 0 Å². The lowest BCUT2D eigenvalue weighted by Gasteiger charge is -2.26. The molecule has 3 aromatic carbocycles. The van der Waals surface area contributed by atoms with Crippen molar-refractivity contribution < 1.29 is 19.0 Å². The summed E-state index contributed by atoms with van der Waals surface area (Å²) in [5.41, 5.74) is 2.74. The summed E-state index contributed by atoms with van der Waals surface area (Å²) in [5, 5.41) is 0. The number of thioether (sulfide) groups is 1. The number of benzene rings is 3. The number of aromatic nitrogens is 1. The zero-order valence-corrected chi connectivity index (χ0v) is 26.8. The molecule has 43 heavy (non-hydrogen) atoms. The maximum Gasteiger partial charge on any atom is 0.338 e. The monoisotopic (exact) mass is 674 g/mol. The van der Waals surface area contributed by atoms with Crippen LogP contribution in [-0.4, -0.2) is 37.1 Å². The van der Waals surface area contributed by atoms with Crippen molar-refractivity contribution in [2.24, 2.45) is 4.99 Å². The van der Waals surface area contributed by atoms with Crippen LogP contribution in [0.5, 0.6) is 11.5 Å². The van der Waals surface area contributed by atoms with Crippen molar-refractivity contribution in [3.63, 3.8) is 0 Å². The molecule has 0 saturated heterocycles. The van der Waals surface area contributed by atoms with E-state index in [9.17, 15) is 9.59 Å². The molecule has 0 radical (unpaired) electrons. The van der Waals surface area contributed by atoms with E-state index in [2.05, 4.69) is 21.9 Å². The summed E-state index contributed by atoms with van der Waals surface area (Å²) in [6.45, 7) is 2.02. The van der Waals surface area contributed by atoms with Gasteiger partial charge in [-0.1, -0.05) is 59.7 Å². The molecule has 0 spiro atoms. The lowest BCUT2D eigenvalue weighted by atomic mass is 9.93. The van der Waals surface area contributed by atoms with Crippen LogP contribution in [0.2, 0.25) is 0 Å². The third-order valence-electron chi connectivity index (χ3n) is 6.65. The lowest BCUT2D eigenvalue weighted by Crippen LogP contribution is -2.40. The topological polar surface area (TPSA) is 79.1 Å². The van der Waals surface area contributed by atoms with Gasteiger partial charge in [-0.3, -0.25) is 9.36 Å². The van der Waals surface area contributed by atoms with E-state index < -0.39 is 12.0 Å². The Morgan fingerprint density at radius 1 is 1.19 bits per heavy atom. The Bertz CT molecular complexity index is 1920. The second-order valence-electron chi connectivity index (χ2n) is 9.23. The van der Waals surface area contributed by atoms with Gasteiger partial charge in [-0.25, -0.2) is 9.79 Å². The molecule has 4 aromatic rings. The van der Waals surface area contributed by atoms with E-state index in [1.54, 1.807) is 35.4 Å². The molecule has 0 aliphatic carbocycles. The SMILES string of the molecule is C#CCOc1c(Br)cc(/C=c2\sc3n(c2=O)[C@@H](c2ccc(SC)cc2)C(C(=O)OCC)=C(c2ccccc2)N=3)cc1OC. The Morgan fingerprint density at radius 2 is 1.93 bits per heavy atom. The minimum Gasteiger partial charge on any atom is -0.493 e. The third kappa shape index (κ3) is 6.20. The number of terminal acetylenes is 1. The minimum absolute atomic E-state index is 0.0807. The summed E-state index contributed by atoms with van der Waals surface area (Å²) in [6, 6.07) is 20.2. The summed E-state index contributed by atoms with van der Waals surface area (Å²) in [7, 11) is 1.53. The predicted octanol–water partition coefficient (Wildman–Crippen LogP) is 5.44. The van der Waals surface area contributed by atoms with Crippen molar-refractivity contribution in [2.45, 2.75) is 17.9 Å². The number of nitrogens with zero attached hydrogens (tertiary/aromatic N) is 2. The van der Waals surface area contributed by atoms with Crippen molar-refractivity contribution in [3.8, 4) is 23.8 Å². The molecule has 0 amide bonds. The first-order valence-electron chi connectivity index (χ1n) is 13.3. The number of carbonyl (C=O) groups is 1. The van der Waals surface area contributed by atoms with Crippen LogP contribution < -0.4 is 24.4 Å². The van der Waals surface area contributed by atoms with E-state index >= 15 is 0 Å². The fourth-order valence-electron chi connectivity index (χ4n) is 4.77. The van der Waals surface area contributed by atoms with E-state index in [4.69, 9.17) is 25.6 Å². The highest BCUT2D eigenvalue weighted by Gasteiger charge is 2.35. The van der Waals surface area contributed by atoms with Crippen LogP contribution in [0.4, 0.5) is 0 Å². The predicted molar refractivity (Wildman–Crippen MR) is 174 cm³/mol. The molecular weight excluding hydrogens is 648 g/mol. The fourth-order valence-corrected chi connectivity index (χ4v) is 6.75. The van der Waals surface area contributed by atoms with Gasteiger partial charge in [0, 0.05) is 10.5 Å². The molecule has 0 bridgehead atoms. The van der Waals surface area contributed by atoms with E-state index in [-0.39, 0.29) is 18.8 Å². The molecule has 7 nitrogen and oxygen atoms in total. The van der Waals surface area contributed by atoms with Gasteiger partial charge in [0.25, 0.3) is 5.56 Å². The standard InChI is InChI=1S/C33H27BrN2O5S2/c1-5-16-41-30-24(34)17-20(18-25(30)39-3)19-26-31(37)36-29(22-12-14-23(42-4)15-13-22)27(32(38)40-6-2)28(35-33(36)43-26)21-10-8-7-9-11-21/h1,7-15,17-19,29H,6,16H2,2-4H3/b26-19-/t29-/m0/s1. The van der Waals surface area contributed by atoms with E-state index in [1.165, 1.54) is 18.4 Å². The van der Waals surface area contributed by atoms with Gasteiger partial charge in [0.1, 0.15) is 6.61 Å². The second-order valence-corrected chi connectivity index (χ2v) is 12.0. The largest absolute Gasteiger partial charge is 0.493 e. The normalized spacial score (nSPS) is 14.5. The smallest absolute Gasteiger partial charge is 0.338 e. The van der Waals surface area contributed by atoms with Crippen molar-refractivity contribution in [2.75, 3.05) is 26.6 Å². The first-order valence-corrected chi connectivity index (χ1v) is 16.1. The average molecular weight is 676 g/mol. The second kappa shape index (κ2) is 13.5. The number of thiazole rings is 1. The molecule has 0 unspecified atom stereocenters. The first kappa shape index (κ1) is 30.4. The van der Waals surface area contributed by atoms with Gasteiger partial charge >= 0.3 is 5.97 Å². The van der Waals surface area contributed by atoms with Crippen molar-refractivity contribution >= 4 is 56.8 Å². The molecule has 0 saturated carbocycles. The number of methoxy groups -OCH3 is 1. The van der Waals surface area contributed by atoms with Gasteiger partial charge < -0.3 is 14.2 Å². The average Bonchev–Trinajstić information content (AvgIpc) is 3.34. The summed E-state index contributed by atoms with van der Waals surface area (Å²) in [6.07, 6.45) is 9.13. The molecule has 10 heteroatoms. The zero-order chi connectivity index (χ0) is 30.5. The quantitative estimate of drug-likeness (QED) is 0.134. The summed E-state index contributed by atoms with van der Waals surface area (Å²) < 4.78 is 19.4. The number of halogens is 1. The Labute approximate surface area is 265 Å². The Morgan fingerprint density at radius 3 is 2.58 bits per heavy atom. The lowest BCUT2D eigenvalue weighted by molar-refractivity contribution is -0.138. The molecule has 5 rings (SSSR count). The number of hydrogen-bond donors (Lipinski definition) is 0. The molecule has 1 aliphatic rings. The Hall–Kier alpha value is -4.04. The fraction of sp³-hybridized carbons (Fsp3) is 0.182. The van der Waals surface area contributed by atoms with Gasteiger partial charge in [-0.15, -0.1) is 18.2 Å². The van der Waals surface area contributed by atoms with Crippen LogP contribution in [0.25, 0.3) is 11.8 Å². The van der Waals surface area contributed by atoms with E-state index in [0.29, 0.717) is 42.1 Å². The van der Waals surface area contributed by atoms with Gasteiger partial charge in [-0.05, 0) is 70.6 Å². The molecule has 1 aromatic heterocycles. The Balaban J connectivity index is 1.77. The zero-order valence-electron chi connectivity index (χ0n) is 23.6. The molecule has 1 aliphatic heterocycles. The Kier molecular flexibility index (Phi) is 9.56. The summed E-state index contributed by atoms with van der Waals surface area (Å²) in [4.78, 5) is 34.2. The van der Waals surface area contributed by atoms with Gasteiger partial charge in [0.15, 0.2) is 16.3 Å². The number of ether oxygens (including phenoxy) is 3. The van der Waals surface area contributed by atoms with Crippen molar-refractivity contribution in [1.82, 2.24) is 4.57 Å². The van der Waals surface area contributed by atoms with Crippen LogP contribution in [0.3, 0.4) is 0 Å². The number of carbonyl (C=O) groups excluding carboxylic acids is 1. The molecular formula is C33H27BrN2O5S2. The maximum atomic E-state index is 14.2. The van der Waals surface area contributed by atoms with Gasteiger partial charge in [-0.2, -0.15) is 0 Å². The number of esters is 1. The first-order chi connectivity index (χ1) is 20.9. The third-order valence-corrected chi connectivity index (χ3v) is 8.97. The van der Waals surface area contributed by atoms with Crippen LogP contribution in [-0.2, 0) is 9.53 Å². The molecule has 0 N–H and O–H groups in total. The maximum absolute atomic E-state index is 14.2. The highest BCUT2D eigenvalue weighted by molar-refractivity contribution is 9.10. The van der Waals surface area contributed by atoms with Crippen LogP contribution in [0.15, 0.2) is 91.5 Å².